The summed E-state index contributed by atoms with van der Waals surface area (Å²) < 4.78 is 4.91. The number of amides is 1. The standard InChI is InChI=1S/C19H19N3O3/c1-2-25-19(24)15-5-9-16(10-6-15)21-13-18(23)22-17-7-3-14(4-8-17)11-12-20/h3-10,21H,2,11,13H2,1H3,(H,22,23). The second-order valence-electron chi connectivity index (χ2n) is 5.23. The van der Waals surface area contributed by atoms with E-state index in [-0.39, 0.29) is 18.4 Å². The highest BCUT2D eigenvalue weighted by atomic mass is 16.5. The quantitative estimate of drug-likeness (QED) is 0.758. The maximum atomic E-state index is 12.0. The maximum Gasteiger partial charge on any atom is 0.338 e. The monoisotopic (exact) mass is 337 g/mol. The first kappa shape index (κ1) is 18.0. The number of esters is 1. The topological polar surface area (TPSA) is 91.2 Å². The molecule has 0 fully saturated rings. The second-order valence-corrected chi connectivity index (χ2v) is 5.23. The number of nitrogens with one attached hydrogen (secondary N) is 2. The van der Waals surface area contributed by atoms with Gasteiger partial charge in [0, 0.05) is 11.4 Å². The first-order chi connectivity index (χ1) is 12.1. The highest BCUT2D eigenvalue weighted by Crippen LogP contribution is 2.12. The molecular formula is C19H19N3O3. The zero-order chi connectivity index (χ0) is 18.1. The molecule has 2 N–H and O–H groups in total. The van der Waals surface area contributed by atoms with Gasteiger partial charge in [0.05, 0.1) is 31.2 Å². The summed E-state index contributed by atoms with van der Waals surface area (Å²) in [6, 6.07) is 15.9. The number of nitriles is 1. The molecule has 0 saturated heterocycles. The Morgan fingerprint density at radius 1 is 1.04 bits per heavy atom. The molecule has 2 rings (SSSR count). The Morgan fingerprint density at radius 2 is 1.68 bits per heavy atom. The number of anilines is 2. The Kier molecular flexibility index (Phi) is 6.55. The van der Waals surface area contributed by atoms with Crippen molar-refractivity contribution in [2.75, 3.05) is 23.8 Å². The van der Waals surface area contributed by atoms with Crippen molar-refractivity contribution in [2.24, 2.45) is 0 Å². The van der Waals surface area contributed by atoms with Gasteiger partial charge in [0.2, 0.25) is 5.91 Å². The van der Waals surface area contributed by atoms with Gasteiger partial charge < -0.3 is 15.4 Å². The second kappa shape index (κ2) is 9.08. The highest BCUT2D eigenvalue weighted by Gasteiger charge is 2.06. The molecule has 128 valence electrons. The minimum absolute atomic E-state index is 0.0959. The Labute approximate surface area is 146 Å². The molecule has 0 atom stereocenters. The van der Waals surface area contributed by atoms with E-state index in [1.807, 2.05) is 0 Å². The van der Waals surface area contributed by atoms with Crippen molar-refractivity contribution < 1.29 is 14.3 Å². The lowest BCUT2D eigenvalue weighted by atomic mass is 10.1. The van der Waals surface area contributed by atoms with Gasteiger partial charge >= 0.3 is 5.97 Å². The molecule has 25 heavy (non-hydrogen) atoms. The van der Waals surface area contributed by atoms with Gasteiger partial charge in [0.1, 0.15) is 0 Å². The SMILES string of the molecule is CCOC(=O)c1ccc(NCC(=O)Nc2ccc(CC#N)cc2)cc1. The first-order valence-corrected chi connectivity index (χ1v) is 7.89. The minimum atomic E-state index is -0.369. The number of rotatable bonds is 7. The van der Waals surface area contributed by atoms with Gasteiger partial charge in [-0.25, -0.2) is 4.79 Å². The molecule has 6 nitrogen and oxygen atoms in total. The van der Waals surface area contributed by atoms with Gasteiger partial charge in [0.25, 0.3) is 0 Å². The van der Waals surface area contributed by atoms with Crippen LogP contribution in [0.1, 0.15) is 22.8 Å². The summed E-state index contributed by atoms with van der Waals surface area (Å²) >= 11 is 0. The fraction of sp³-hybridized carbons (Fsp3) is 0.211. The van der Waals surface area contributed by atoms with E-state index < -0.39 is 0 Å². The van der Waals surface area contributed by atoms with Gasteiger partial charge in [-0.2, -0.15) is 5.26 Å². The van der Waals surface area contributed by atoms with Crippen LogP contribution in [0.3, 0.4) is 0 Å². The smallest absolute Gasteiger partial charge is 0.338 e. The van der Waals surface area contributed by atoms with Crippen LogP contribution >= 0.6 is 0 Å². The summed E-state index contributed by atoms with van der Waals surface area (Å²) in [5, 5.41) is 14.4. The van der Waals surface area contributed by atoms with E-state index in [0.717, 1.165) is 11.3 Å². The Hall–Kier alpha value is -3.33. The molecule has 0 radical (unpaired) electrons. The Morgan fingerprint density at radius 3 is 2.28 bits per heavy atom. The van der Waals surface area contributed by atoms with E-state index >= 15 is 0 Å². The molecule has 2 aromatic rings. The zero-order valence-electron chi connectivity index (χ0n) is 13.9. The summed E-state index contributed by atoms with van der Waals surface area (Å²) in [6.45, 7) is 2.18. The third kappa shape index (κ3) is 5.66. The predicted molar refractivity (Wildman–Crippen MR) is 95.3 cm³/mol. The van der Waals surface area contributed by atoms with Gasteiger partial charge in [-0.05, 0) is 48.9 Å². The van der Waals surface area contributed by atoms with E-state index in [9.17, 15) is 9.59 Å². The molecule has 0 aromatic heterocycles. The zero-order valence-corrected chi connectivity index (χ0v) is 13.9. The van der Waals surface area contributed by atoms with Crippen molar-refractivity contribution in [1.82, 2.24) is 0 Å². The van der Waals surface area contributed by atoms with Crippen molar-refractivity contribution in [1.29, 1.82) is 5.26 Å². The van der Waals surface area contributed by atoms with Gasteiger partial charge in [-0.1, -0.05) is 12.1 Å². The summed E-state index contributed by atoms with van der Waals surface area (Å²) in [4.78, 5) is 23.5. The number of hydrogen-bond donors (Lipinski definition) is 2. The van der Waals surface area contributed by atoms with Gasteiger partial charge in [0.15, 0.2) is 0 Å². The van der Waals surface area contributed by atoms with Crippen LogP contribution in [0, 0.1) is 11.3 Å². The van der Waals surface area contributed by atoms with Crippen LogP contribution in [0.15, 0.2) is 48.5 Å². The van der Waals surface area contributed by atoms with E-state index in [4.69, 9.17) is 10.00 Å². The summed E-state index contributed by atoms with van der Waals surface area (Å²) in [7, 11) is 0. The van der Waals surface area contributed by atoms with Crippen molar-refractivity contribution >= 4 is 23.3 Å². The van der Waals surface area contributed by atoms with Crippen LogP contribution in [0.2, 0.25) is 0 Å². The number of ether oxygens (including phenoxy) is 1. The van der Waals surface area contributed by atoms with Crippen LogP contribution in [0.5, 0.6) is 0 Å². The number of hydrogen-bond acceptors (Lipinski definition) is 5. The van der Waals surface area contributed by atoms with Crippen LogP contribution in [-0.2, 0) is 16.0 Å². The van der Waals surface area contributed by atoms with Gasteiger partial charge in [-0.15, -0.1) is 0 Å². The van der Waals surface area contributed by atoms with E-state index in [2.05, 4.69) is 16.7 Å². The molecule has 0 unspecified atom stereocenters. The van der Waals surface area contributed by atoms with Crippen molar-refractivity contribution in [3.05, 3.63) is 59.7 Å². The third-order valence-electron chi connectivity index (χ3n) is 3.37. The number of carbonyl (C=O) groups excluding carboxylic acids is 2. The number of carbonyl (C=O) groups is 2. The normalized spacial score (nSPS) is 9.76. The molecule has 0 bridgehead atoms. The third-order valence-corrected chi connectivity index (χ3v) is 3.37. The van der Waals surface area contributed by atoms with Crippen molar-refractivity contribution in [2.45, 2.75) is 13.3 Å². The lowest BCUT2D eigenvalue weighted by molar-refractivity contribution is -0.114. The Balaban J connectivity index is 1.83. The fourth-order valence-corrected chi connectivity index (χ4v) is 2.12. The molecule has 0 saturated carbocycles. The van der Waals surface area contributed by atoms with Crippen LogP contribution in [-0.4, -0.2) is 25.0 Å². The van der Waals surface area contributed by atoms with Crippen LogP contribution in [0.4, 0.5) is 11.4 Å². The van der Waals surface area contributed by atoms with E-state index in [1.54, 1.807) is 55.5 Å². The largest absolute Gasteiger partial charge is 0.462 e. The molecule has 0 aliphatic heterocycles. The lowest BCUT2D eigenvalue weighted by Gasteiger charge is -2.09. The summed E-state index contributed by atoms with van der Waals surface area (Å²) in [6.07, 6.45) is 0.345. The molecule has 0 aliphatic carbocycles. The average molecular weight is 337 g/mol. The van der Waals surface area contributed by atoms with Crippen LogP contribution in [0.25, 0.3) is 0 Å². The highest BCUT2D eigenvalue weighted by molar-refractivity contribution is 5.94. The van der Waals surface area contributed by atoms with E-state index in [1.165, 1.54) is 0 Å². The molecule has 2 aromatic carbocycles. The van der Waals surface area contributed by atoms with Crippen molar-refractivity contribution in [3.63, 3.8) is 0 Å². The first-order valence-electron chi connectivity index (χ1n) is 7.89. The number of nitrogens with zero attached hydrogens (tertiary/aromatic N) is 1. The van der Waals surface area contributed by atoms with Crippen molar-refractivity contribution in [3.8, 4) is 6.07 Å². The molecule has 1 amide bonds. The molecular weight excluding hydrogens is 318 g/mol. The number of benzene rings is 2. The van der Waals surface area contributed by atoms with E-state index in [0.29, 0.717) is 24.3 Å². The molecule has 0 spiro atoms. The molecule has 0 heterocycles. The van der Waals surface area contributed by atoms with Crippen LogP contribution < -0.4 is 10.6 Å². The van der Waals surface area contributed by atoms with Gasteiger partial charge in [-0.3, -0.25) is 4.79 Å². The summed E-state index contributed by atoms with van der Waals surface area (Å²) in [5.41, 5.74) is 2.77. The Bertz CT molecular complexity index is 762. The lowest BCUT2D eigenvalue weighted by Crippen LogP contribution is -2.21. The average Bonchev–Trinajstić information content (AvgIpc) is 2.62. The summed E-state index contributed by atoms with van der Waals surface area (Å²) in [5.74, 6) is -0.561. The minimum Gasteiger partial charge on any atom is -0.462 e. The molecule has 0 aliphatic rings. The fourth-order valence-electron chi connectivity index (χ4n) is 2.12. The maximum absolute atomic E-state index is 12.0. The predicted octanol–water partition coefficient (Wildman–Crippen LogP) is 2.98. The molecule has 6 heteroatoms.